The summed E-state index contributed by atoms with van der Waals surface area (Å²) >= 11 is 0. The maximum atomic E-state index is 5.37. The zero-order valence-corrected chi connectivity index (χ0v) is 23.5. The summed E-state index contributed by atoms with van der Waals surface area (Å²) in [6, 6.07) is 46.8. The fraction of sp³-hybridized carbons (Fsp3) is 0. The maximum Gasteiger partial charge on any atom is 0.235 e. The molecule has 5 heteroatoms. The van der Waals surface area contributed by atoms with Gasteiger partial charge in [0.1, 0.15) is 5.65 Å². The largest absolute Gasteiger partial charge is 0.299 e. The first-order valence-corrected chi connectivity index (χ1v) is 14.8. The standard InChI is InChI=1S/C39H23N5/c1-2-11-26-21-27(18-17-24(26)9-1)37-30-13-5-6-14-32(30)41-39(42-37)44-35-22-36-40-33-15-7-8-16-34(33)43(36)23-31(35)29-20-19-25-10-3-4-12-28(25)38(29)44/h1-23H. The summed E-state index contributed by atoms with van der Waals surface area (Å²) in [6.07, 6.45) is 2.22. The van der Waals surface area contributed by atoms with Crippen LogP contribution in [0.15, 0.2) is 140 Å². The number of pyridine rings is 1. The Labute approximate surface area is 251 Å². The molecule has 204 valence electrons. The Balaban J connectivity index is 1.36. The molecule has 4 heterocycles. The number of hydrogen-bond donors (Lipinski definition) is 0. The van der Waals surface area contributed by atoms with Crippen LogP contribution in [-0.2, 0) is 0 Å². The average Bonchev–Trinajstić information content (AvgIpc) is 3.61. The number of benzene rings is 6. The minimum atomic E-state index is 0.642. The van der Waals surface area contributed by atoms with Crippen LogP contribution >= 0.6 is 0 Å². The fourth-order valence-corrected chi connectivity index (χ4v) is 6.85. The van der Waals surface area contributed by atoms with Gasteiger partial charge in [-0.05, 0) is 40.4 Å². The second kappa shape index (κ2) is 8.72. The van der Waals surface area contributed by atoms with Gasteiger partial charge in [-0.1, -0.05) is 103 Å². The predicted molar refractivity (Wildman–Crippen MR) is 181 cm³/mol. The second-order valence-corrected chi connectivity index (χ2v) is 11.4. The topological polar surface area (TPSA) is 48.0 Å². The summed E-state index contributed by atoms with van der Waals surface area (Å²) in [5.41, 5.74) is 7.96. The number of fused-ring (bicyclic) bond motifs is 10. The van der Waals surface area contributed by atoms with Crippen LogP contribution in [0.3, 0.4) is 0 Å². The molecule has 0 saturated heterocycles. The van der Waals surface area contributed by atoms with Crippen molar-refractivity contribution in [2.45, 2.75) is 0 Å². The lowest BCUT2D eigenvalue weighted by molar-refractivity contribution is 1.02. The molecule has 4 aromatic heterocycles. The van der Waals surface area contributed by atoms with E-state index in [4.69, 9.17) is 15.0 Å². The number of hydrogen-bond acceptors (Lipinski definition) is 3. The molecular formula is C39H23N5. The molecule has 0 aliphatic heterocycles. The molecule has 5 nitrogen and oxygen atoms in total. The van der Waals surface area contributed by atoms with Crippen LogP contribution in [0.25, 0.3) is 88.1 Å². The van der Waals surface area contributed by atoms with Crippen LogP contribution in [0.5, 0.6) is 0 Å². The van der Waals surface area contributed by atoms with E-state index in [1.807, 2.05) is 12.1 Å². The number of imidazole rings is 1. The van der Waals surface area contributed by atoms with E-state index in [2.05, 4.69) is 136 Å². The molecule has 0 saturated carbocycles. The zero-order valence-electron chi connectivity index (χ0n) is 23.5. The highest BCUT2D eigenvalue weighted by Gasteiger charge is 2.20. The molecule has 0 fully saturated rings. The van der Waals surface area contributed by atoms with Crippen molar-refractivity contribution in [3.8, 4) is 17.2 Å². The highest BCUT2D eigenvalue weighted by molar-refractivity contribution is 6.19. The predicted octanol–water partition coefficient (Wildman–Crippen LogP) is 9.50. The van der Waals surface area contributed by atoms with Gasteiger partial charge in [-0.3, -0.25) is 8.97 Å². The van der Waals surface area contributed by atoms with E-state index in [1.54, 1.807) is 0 Å². The molecule has 0 unspecified atom stereocenters. The Kier molecular flexibility index (Phi) is 4.66. The van der Waals surface area contributed by atoms with E-state index < -0.39 is 0 Å². The van der Waals surface area contributed by atoms with E-state index in [1.165, 1.54) is 16.2 Å². The Morgan fingerprint density at radius 1 is 0.455 bits per heavy atom. The van der Waals surface area contributed by atoms with E-state index in [0.29, 0.717) is 5.95 Å². The SMILES string of the molecule is c1ccc2cc(-c3nc(-n4c5cc6nc7ccccc7n6cc5c5ccc6ccccc6c54)nc4ccccc34)ccc2c1. The van der Waals surface area contributed by atoms with Gasteiger partial charge in [-0.15, -0.1) is 0 Å². The Bertz CT molecular complexity index is 2790. The molecule has 6 aromatic carbocycles. The number of rotatable bonds is 2. The highest BCUT2D eigenvalue weighted by Crippen LogP contribution is 2.38. The van der Waals surface area contributed by atoms with Crippen LogP contribution in [0, 0.1) is 0 Å². The Morgan fingerprint density at radius 3 is 2.09 bits per heavy atom. The van der Waals surface area contributed by atoms with E-state index in [9.17, 15) is 0 Å². The third-order valence-corrected chi connectivity index (χ3v) is 8.89. The number of nitrogens with zero attached hydrogens (tertiary/aromatic N) is 5. The van der Waals surface area contributed by atoms with Crippen molar-refractivity contribution in [2.75, 3.05) is 0 Å². The minimum absolute atomic E-state index is 0.642. The zero-order chi connectivity index (χ0) is 28.8. The van der Waals surface area contributed by atoms with Crippen molar-refractivity contribution < 1.29 is 0 Å². The summed E-state index contributed by atoms with van der Waals surface area (Å²) < 4.78 is 4.43. The molecule has 0 spiro atoms. The second-order valence-electron chi connectivity index (χ2n) is 11.4. The Hall–Kier alpha value is -6.07. The normalized spacial score (nSPS) is 12.1. The van der Waals surface area contributed by atoms with Crippen molar-refractivity contribution in [1.82, 2.24) is 23.9 Å². The average molecular weight is 562 g/mol. The fourth-order valence-electron chi connectivity index (χ4n) is 6.85. The first-order valence-electron chi connectivity index (χ1n) is 14.8. The van der Waals surface area contributed by atoms with Crippen LogP contribution in [0.2, 0.25) is 0 Å². The van der Waals surface area contributed by atoms with Crippen LogP contribution in [0.1, 0.15) is 0 Å². The van der Waals surface area contributed by atoms with Crippen LogP contribution < -0.4 is 0 Å². The molecule has 0 amide bonds. The van der Waals surface area contributed by atoms with Gasteiger partial charge in [0.15, 0.2) is 0 Å². The quantitative estimate of drug-likeness (QED) is 0.211. The molecule has 0 N–H and O–H groups in total. The molecule has 0 radical (unpaired) electrons. The van der Waals surface area contributed by atoms with E-state index >= 15 is 0 Å². The van der Waals surface area contributed by atoms with Gasteiger partial charge in [0.2, 0.25) is 5.95 Å². The van der Waals surface area contributed by atoms with Gasteiger partial charge in [-0.2, -0.15) is 0 Å². The number of aromatic nitrogens is 5. The summed E-state index contributed by atoms with van der Waals surface area (Å²) in [5.74, 6) is 0.642. The lowest BCUT2D eigenvalue weighted by Crippen LogP contribution is -2.04. The molecule has 10 rings (SSSR count). The summed E-state index contributed by atoms with van der Waals surface area (Å²) in [5, 5.41) is 8.04. The molecule has 0 aliphatic rings. The highest BCUT2D eigenvalue weighted by atomic mass is 15.2. The van der Waals surface area contributed by atoms with Crippen molar-refractivity contribution in [2.24, 2.45) is 0 Å². The van der Waals surface area contributed by atoms with Gasteiger partial charge >= 0.3 is 0 Å². The summed E-state index contributed by atoms with van der Waals surface area (Å²) in [6.45, 7) is 0. The molecule has 0 aliphatic carbocycles. The van der Waals surface area contributed by atoms with Gasteiger partial charge in [0.25, 0.3) is 0 Å². The maximum absolute atomic E-state index is 5.37. The van der Waals surface area contributed by atoms with Crippen molar-refractivity contribution in [1.29, 1.82) is 0 Å². The van der Waals surface area contributed by atoms with Gasteiger partial charge in [0.05, 0.1) is 33.3 Å². The third-order valence-electron chi connectivity index (χ3n) is 8.89. The molecule has 10 aromatic rings. The molecule has 0 atom stereocenters. The first-order chi connectivity index (χ1) is 21.8. The van der Waals surface area contributed by atoms with Crippen molar-refractivity contribution >= 4 is 70.9 Å². The minimum Gasteiger partial charge on any atom is -0.299 e. The molecule has 0 bridgehead atoms. The number of para-hydroxylation sites is 3. The summed E-state index contributed by atoms with van der Waals surface area (Å²) in [4.78, 5) is 15.6. The van der Waals surface area contributed by atoms with Gasteiger partial charge < -0.3 is 0 Å². The lowest BCUT2D eigenvalue weighted by Gasteiger charge is -2.13. The third kappa shape index (κ3) is 3.26. The van der Waals surface area contributed by atoms with Gasteiger partial charge in [-0.25, -0.2) is 15.0 Å². The first kappa shape index (κ1) is 23.5. The molecular weight excluding hydrogens is 538 g/mol. The smallest absolute Gasteiger partial charge is 0.235 e. The van der Waals surface area contributed by atoms with E-state index in [-0.39, 0.29) is 0 Å². The monoisotopic (exact) mass is 561 g/mol. The van der Waals surface area contributed by atoms with Crippen LogP contribution in [-0.4, -0.2) is 23.9 Å². The van der Waals surface area contributed by atoms with Crippen molar-refractivity contribution in [3.05, 3.63) is 140 Å². The van der Waals surface area contributed by atoms with Crippen molar-refractivity contribution in [3.63, 3.8) is 0 Å². The molecule has 44 heavy (non-hydrogen) atoms. The van der Waals surface area contributed by atoms with E-state index in [0.717, 1.165) is 66.0 Å². The Morgan fingerprint density at radius 2 is 1.18 bits per heavy atom. The lowest BCUT2D eigenvalue weighted by atomic mass is 10.0. The van der Waals surface area contributed by atoms with Crippen LogP contribution in [0.4, 0.5) is 0 Å². The van der Waals surface area contributed by atoms with Gasteiger partial charge in [0, 0.05) is 39.4 Å². The summed E-state index contributed by atoms with van der Waals surface area (Å²) in [7, 11) is 0.